The number of rotatable bonds is 2. The summed E-state index contributed by atoms with van der Waals surface area (Å²) in [5.74, 6) is 0. The van der Waals surface area contributed by atoms with Crippen LogP contribution in [0.5, 0.6) is 0 Å². The lowest BCUT2D eigenvalue weighted by Gasteiger charge is -2.15. The molecule has 0 radical (unpaired) electrons. The third kappa shape index (κ3) is 2.67. The molecule has 0 atom stereocenters. The molecule has 2 aromatic carbocycles. The summed E-state index contributed by atoms with van der Waals surface area (Å²) >= 11 is 0. The summed E-state index contributed by atoms with van der Waals surface area (Å²) in [7, 11) is 0. The van der Waals surface area contributed by atoms with Gasteiger partial charge in [-0.25, -0.2) is 0 Å². The van der Waals surface area contributed by atoms with Gasteiger partial charge in [0, 0.05) is 0 Å². The van der Waals surface area contributed by atoms with E-state index < -0.39 is 11.7 Å². The molecule has 0 aliphatic carbocycles. The highest BCUT2D eigenvalue weighted by Gasteiger charge is 2.33. The summed E-state index contributed by atoms with van der Waals surface area (Å²) < 4.78 is 38.6. The molecule has 0 heterocycles. The SMILES string of the molecule is N#Cc1cccc(Nc2ccccc2C(F)(F)F)c1N. The molecular formula is C14H10F3N3. The van der Waals surface area contributed by atoms with E-state index in [1.807, 2.05) is 6.07 Å². The van der Waals surface area contributed by atoms with E-state index in [-0.39, 0.29) is 22.6 Å². The first-order chi connectivity index (χ1) is 9.43. The van der Waals surface area contributed by atoms with Crippen molar-refractivity contribution in [1.82, 2.24) is 0 Å². The zero-order valence-corrected chi connectivity index (χ0v) is 10.2. The van der Waals surface area contributed by atoms with Gasteiger partial charge >= 0.3 is 6.18 Å². The fourth-order valence-corrected chi connectivity index (χ4v) is 1.76. The van der Waals surface area contributed by atoms with Gasteiger partial charge in [-0.15, -0.1) is 0 Å². The molecule has 2 aromatic rings. The van der Waals surface area contributed by atoms with Crippen LogP contribution in [-0.4, -0.2) is 0 Å². The molecule has 6 heteroatoms. The number of nitriles is 1. The van der Waals surface area contributed by atoms with Crippen molar-refractivity contribution in [3.05, 3.63) is 53.6 Å². The highest BCUT2D eigenvalue weighted by molar-refractivity contribution is 5.78. The lowest BCUT2D eigenvalue weighted by molar-refractivity contribution is -0.136. The van der Waals surface area contributed by atoms with Gasteiger partial charge in [-0.1, -0.05) is 18.2 Å². The molecule has 20 heavy (non-hydrogen) atoms. The summed E-state index contributed by atoms with van der Waals surface area (Å²) in [5.41, 5.74) is 5.43. The molecule has 2 rings (SSSR count). The highest BCUT2D eigenvalue weighted by atomic mass is 19.4. The zero-order chi connectivity index (χ0) is 14.8. The minimum atomic E-state index is -4.47. The number of hydrogen-bond donors (Lipinski definition) is 2. The molecule has 0 aromatic heterocycles. The smallest absolute Gasteiger partial charge is 0.396 e. The number of alkyl halides is 3. The van der Waals surface area contributed by atoms with E-state index in [1.54, 1.807) is 6.07 Å². The molecule has 3 nitrogen and oxygen atoms in total. The highest BCUT2D eigenvalue weighted by Crippen LogP contribution is 2.36. The number of nitrogens with one attached hydrogen (secondary N) is 1. The van der Waals surface area contributed by atoms with Crippen LogP contribution >= 0.6 is 0 Å². The minimum Gasteiger partial charge on any atom is -0.396 e. The second-order valence-electron chi connectivity index (χ2n) is 4.05. The van der Waals surface area contributed by atoms with Crippen LogP contribution in [0.2, 0.25) is 0 Å². The summed E-state index contributed by atoms with van der Waals surface area (Å²) in [5, 5.41) is 11.5. The summed E-state index contributed by atoms with van der Waals surface area (Å²) in [6, 6.07) is 11.5. The maximum atomic E-state index is 12.9. The topological polar surface area (TPSA) is 61.8 Å². The first-order valence-electron chi connectivity index (χ1n) is 5.65. The average molecular weight is 277 g/mol. The third-order valence-corrected chi connectivity index (χ3v) is 2.73. The number of nitrogens with two attached hydrogens (primary N) is 1. The van der Waals surface area contributed by atoms with Gasteiger partial charge in [-0.05, 0) is 24.3 Å². The Morgan fingerprint density at radius 2 is 1.65 bits per heavy atom. The van der Waals surface area contributed by atoms with E-state index in [4.69, 9.17) is 11.0 Å². The van der Waals surface area contributed by atoms with Crippen molar-refractivity contribution in [1.29, 1.82) is 5.26 Å². The number of para-hydroxylation sites is 2. The van der Waals surface area contributed by atoms with Crippen LogP contribution in [0.1, 0.15) is 11.1 Å². The standard InChI is InChI=1S/C14H10F3N3/c15-14(16,17)10-5-1-2-6-11(10)20-12-7-3-4-9(8-18)13(12)19/h1-7,20H,19H2. The number of nitrogen functional groups attached to an aromatic ring is 1. The summed E-state index contributed by atoms with van der Waals surface area (Å²) in [6.45, 7) is 0. The first kappa shape index (κ1) is 13.7. The van der Waals surface area contributed by atoms with Gasteiger partial charge in [0.2, 0.25) is 0 Å². The van der Waals surface area contributed by atoms with Crippen molar-refractivity contribution in [2.45, 2.75) is 6.18 Å². The predicted octanol–water partition coefficient (Wildman–Crippen LogP) is 3.90. The Balaban J connectivity index is 2.44. The van der Waals surface area contributed by atoms with Gasteiger partial charge in [0.1, 0.15) is 6.07 Å². The molecule has 0 spiro atoms. The Kier molecular flexibility index (Phi) is 3.53. The van der Waals surface area contributed by atoms with Gasteiger partial charge in [-0.2, -0.15) is 18.4 Å². The van der Waals surface area contributed by atoms with Crippen LogP contribution in [0.4, 0.5) is 30.2 Å². The van der Waals surface area contributed by atoms with Gasteiger partial charge in [-0.3, -0.25) is 0 Å². The van der Waals surface area contributed by atoms with Gasteiger partial charge < -0.3 is 11.1 Å². The van der Waals surface area contributed by atoms with Crippen LogP contribution in [-0.2, 0) is 6.18 Å². The molecule has 3 N–H and O–H groups in total. The lowest BCUT2D eigenvalue weighted by atomic mass is 10.1. The molecule has 0 saturated heterocycles. The maximum absolute atomic E-state index is 12.9. The van der Waals surface area contributed by atoms with Crippen molar-refractivity contribution >= 4 is 17.1 Å². The van der Waals surface area contributed by atoms with Gasteiger partial charge in [0.05, 0.1) is 28.2 Å². The van der Waals surface area contributed by atoms with E-state index in [9.17, 15) is 13.2 Å². The largest absolute Gasteiger partial charge is 0.418 e. The molecule has 0 saturated carbocycles. The Bertz CT molecular complexity index is 672. The van der Waals surface area contributed by atoms with Crippen molar-refractivity contribution < 1.29 is 13.2 Å². The molecule has 0 amide bonds. The van der Waals surface area contributed by atoms with Gasteiger partial charge in [0.25, 0.3) is 0 Å². The monoisotopic (exact) mass is 277 g/mol. The quantitative estimate of drug-likeness (QED) is 0.818. The normalized spacial score (nSPS) is 10.9. The van der Waals surface area contributed by atoms with Crippen molar-refractivity contribution in [3.63, 3.8) is 0 Å². The van der Waals surface area contributed by atoms with E-state index in [2.05, 4.69) is 5.32 Å². The minimum absolute atomic E-state index is 0.109. The molecule has 102 valence electrons. The molecule has 0 aliphatic rings. The summed E-state index contributed by atoms with van der Waals surface area (Å²) in [4.78, 5) is 0. The molecular weight excluding hydrogens is 267 g/mol. The van der Waals surface area contributed by atoms with E-state index >= 15 is 0 Å². The zero-order valence-electron chi connectivity index (χ0n) is 10.2. The Morgan fingerprint density at radius 3 is 2.30 bits per heavy atom. The number of nitrogens with zero attached hydrogens (tertiary/aromatic N) is 1. The van der Waals surface area contributed by atoms with Crippen molar-refractivity contribution in [3.8, 4) is 6.07 Å². The number of anilines is 3. The maximum Gasteiger partial charge on any atom is 0.418 e. The predicted molar refractivity (Wildman–Crippen MR) is 70.3 cm³/mol. The molecule has 0 fully saturated rings. The number of halogens is 3. The molecule has 0 aliphatic heterocycles. The van der Waals surface area contributed by atoms with Crippen molar-refractivity contribution in [2.75, 3.05) is 11.1 Å². The number of benzene rings is 2. The Hall–Kier alpha value is -2.68. The van der Waals surface area contributed by atoms with Crippen LogP contribution in [0, 0.1) is 11.3 Å². The van der Waals surface area contributed by atoms with Gasteiger partial charge in [0.15, 0.2) is 0 Å². The fourth-order valence-electron chi connectivity index (χ4n) is 1.76. The average Bonchev–Trinajstić information content (AvgIpc) is 2.40. The van der Waals surface area contributed by atoms with Crippen LogP contribution in [0.15, 0.2) is 42.5 Å². The Labute approximate surface area is 113 Å². The summed E-state index contributed by atoms with van der Waals surface area (Å²) in [6.07, 6.45) is -4.47. The van der Waals surface area contributed by atoms with E-state index in [1.165, 1.54) is 30.3 Å². The number of hydrogen-bond acceptors (Lipinski definition) is 3. The fraction of sp³-hybridized carbons (Fsp3) is 0.0714. The van der Waals surface area contributed by atoms with Crippen LogP contribution in [0.25, 0.3) is 0 Å². The van der Waals surface area contributed by atoms with Crippen LogP contribution < -0.4 is 11.1 Å². The third-order valence-electron chi connectivity index (χ3n) is 2.73. The van der Waals surface area contributed by atoms with E-state index in [0.717, 1.165) is 6.07 Å². The molecule has 0 unspecified atom stereocenters. The van der Waals surface area contributed by atoms with Crippen LogP contribution in [0.3, 0.4) is 0 Å². The first-order valence-corrected chi connectivity index (χ1v) is 5.65. The Morgan fingerprint density at radius 1 is 1.00 bits per heavy atom. The second kappa shape index (κ2) is 5.13. The second-order valence-corrected chi connectivity index (χ2v) is 4.05. The molecule has 0 bridgehead atoms. The lowest BCUT2D eigenvalue weighted by Crippen LogP contribution is -2.09. The van der Waals surface area contributed by atoms with Crippen molar-refractivity contribution in [2.24, 2.45) is 0 Å². The van der Waals surface area contributed by atoms with E-state index in [0.29, 0.717) is 0 Å².